The fourth-order valence-electron chi connectivity index (χ4n) is 0.361. The zero-order valence-corrected chi connectivity index (χ0v) is 11.8. The SMILES string of the molecule is Cc1ccc[se]1.O=[Se](O)O.[H-].[Na+]. The number of hydrogen-bond acceptors (Lipinski definition) is 1. The van der Waals surface area contributed by atoms with Gasteiger partial charge in [-0.15, -0.1) is 0 Å². The standard InChI is InChI=1S/C5H6Se.Na.H2O3Se.H/c1-5-3-2-4-6-5;;1-4(2)3;/h2-4H,1H3;;(H2,1,2,3);/q;+1;;-1. The summed E-state index contributed by atoms with van der Waals surface area (Å²) in [4.78, 5) is 2.22. The normalized spacial score (nSPS) is 8.00. The van der Waals surface area contributed by atoms with Gasteiger partial charge in [0.25, 0.3) is 0 Å². The predicted molar refractivity (Wildman–Crippen MR) is 40.1 cm³/mol. The maximum Gasteiger partial charge on any atom is 1.00 e. The van der Waals surface area contributed by atoms with Crippen LogP contribution < -0.4 is 29.6 Å². The first-order valence-corrected chi connectivity index (χ1v) is 6.50. The van der Waals surface area contributed by atoms with Crippen molar-refractivity contribution in [3.8, 4) is 0 Å². The summed E-state index contributed by atoms with van der Waals surface area (Å²) in [6.07, 6.45) is 0. The molecule has 0 radical (unpaired) electrons. The van der Waals surface area contributed by atoms with Gasteiger partial charge in [0.2, 0.25) is 0 Å². The Balaban J connectivity index is -0.000000124. The van der Waals surface area contributed by atoms with Crippen molar-refractivity contribution >= 4 is 29.0 Å². The topological polar surface area (TPSA) is 57.5 Å². The molecule has 6 heteroatoms. The van der Waals surface area contributed by atoms with E-state index in [2.05, 4.69) is 24.0 Å². The second-order valence-electron chi connectivity index (χ2n) is 1.45. The Morgan fingerprint density at radius 2 is 2.09 bits per heavy atom. The second kappa shape index (κ2) is 9.33. The van der Waals surface area contributed by atoms with Crippen molar-refractivity contribution in [2.45, 2.75) is 6.92 Å². The first-order valence-electron chi connectivity index (χ1n) is 2.43. The molecule has 0 aliphatic carbocycles. The molecule has 0 fully saturated rings. The van der Waals surface area contributed by atoms with Crippen molar-refractivity contribution in [2.75, 3.05) is 0 Å². The average Bonchev–Trinajstić information content (AvgIpc) is 2.15. The van der Waals surface area contributed by atoms with Gasteiger partial charge in [0, 0.05) is 0 Å². The van der Waals surface area contributed by atoms with E-state index in [-0.39, 0.29) is 31.0 Å². The molecule has 0 saturated carbocycles. The molecule has 0 aromatic carbocycles. The van der Waals surface area contributed by atoms with E-state index >= 15 is 0 Å². The van der Waals surface area contributed by atoms with Crippen LogP contribution >= 0.6 is 0 Å². The molecule has 60 valence electrons. The van der Waals surface area contributed by atoms with Gasteiger partial charge in [0.1, 0.15) is 0 Å². The maximum atomic E-state index is 8.76. The van der Waals surface area contributed by atoms with E-state index in [9.17, 15) is 0 Å². The van der Waals surface area contributed by atoms with Crippen LogP contribution in [-0.4, -0.2) is 37.4 Å². The van der Waals surface area contributed by atoms with Crippen LogP contribution in [0.3, 0.4) is 0 Å². The van der Waals surface area contributed by atoms with Crippen molar-refractivity contribution < 1.29 is 43.2 Å². The predicted octanol–water partition coefficient (Wildman–Crippen LogP) is -3.45. The van der Waals surface area contributed by atoms with Gasteiger partial charge in [-0.1, -0.05) is 0 Å². The fourth-order valence-corrected chi connectivity index (χ4v) is 1.47. The van der Waals surface area contributed by atoms with Gasteiger partial charge in [-0.2, -0.15) is 0 Å². The van der Waals surface area contributed by atoms with E-state index < -0.39 is 14.5 Å². The Labute approximate surface area is 99.7 Å². The van der Waals surface area contributed by atoms with Gasteiger partial charge in [-0.3, -0.25) is 0 Å². The minimum Gasteiger partial charge on any atom is -1.00 e. The third-order valence-corrected chi connectivity index (χ3v) is 2.34. The number of aryl methyl sites for hydroxylation is 1. The maximum absolute atomic E-state index is 8.76. The molecular formula is C5H9NaO3Se2. The molecule has 0 bridgehead atoms. The van der Waals surface area contributed by atoms with Crippen LogP contribution in [0.15, 0.2) is 17.1 Å². The first-order chi connectivity index (χ1) is 4.63. The molecule has 0 spiro atoms. The summed E-state index contributed by atoms with van der Waals surface area (Å²) in [5.41, 5.74) is 0. The zero-order valence-electron chi connectivity index (χ0n) is 7.35. The largest absolute Gasteiger partial charge is 1.00 e. The van der Waals surface area contributed by atoms with Gasteiger partial charge in [-0.25, -0.2) is 0 Å². The minimum atomic E-state index is -3.29. The Kier molecular flexibility index (Phi) is 12.5. The smallest absolute Gasteiger partial charge is 1.00 e. The summed E-state index contributed by atoms with van der Waals surface area (Å²) >= 11 is -2.58. The Hall–Kier alpha value is 1.24. The van der Waals surface area contributed by atoms with E-state index in [4.69, 9.17) is 12.2 Å². The third kappa shape index (κ3) is 14.1. The first kappa shape index (κ1) is 14.7. The van der Waals surface area contributed by atoms with E-state index in [1.807, 2.05) is 0 Å². The monoisotopic (exact) mass is 300 g/mol. The van der Waals surface area contributed by atoms with Crippen molar-refractivity contribution in [1.29, 1.82) is 0 Å². The molecule has 1 heterocycles. The van der Waals surface area contributed by atoms with Gasteiger partial charge < -0.3 is 1.43 Å². The molecule has 0 unspecified atom stereocenters. The quantitative estimate of drug-likeness (QED) is 0.490. The van der Waals surface area contributed by atoms with Crippen LogP contribution in [0.25, 0.3) is 0 Å². The van der Waals surface area contributed by atoms with Crippen molar-refractivity contribution in [3.05, 3.63) is 21.5 Å². The van der Waals surface area contributed by atoms with E-state index in [0.717, 1.165) is 0 Å². The molecule has 0 aliphatic rings. The van der Waals surface area contributed by atoms with E-state index in [1.54, 1.807) is 0 Å². The van der Waals surface area contributed by atoms with Crippen molar-refractivity contribution in [1.82, 2.24) is 0 Å². The molecule has 1 aromatic heterocycles. The van der Waals surface area contributed by atoms with Gasteiger partial charge in [-0.05, 0) is 0 Å². The minimum absolute atomic E-state index is 0. The molecule has 0 aliphatic heterocycles. The summed E-state index contributed by atoms with van der Waals surface area (Å²) in [5, 5.41) is 0. The molecule has 0 amide bonds. The van der Waals surface area contributed by atoms with Crippen molar-refractivity contribution in [3.63, 3.8) is 0 Å². The molecule has 0 atom stereocenters. The van der Waals surface area contributed by atoms with Crippen LogP contribution in [0, 0.1) is 6.92 Å². The Morgan fingerprint density at radius 1 is 1.64 bits per heavy atom. The van der Waals surface area contributed by atoms with Crippen LogP contribution in [0.2, 0.25) is 0 Å². The van der Waals surface area contributed by atoms with Gasteiger partial charge >= 0.3 is 99.2 Å². The number of rotatable bonds is 0. The van der Waals surface area contributed by atoms with E-state index in [0.29, 0.717) is 14.5 Å². The van der Waals surface area contributed by atoms with Gasteiger partial charge in [0.05, 0.1) is 0 Å². The van der Waals surface area contributed by atoms with Crippen LogP contribution in [-0.2, 0) is 3.83 Å². The van der Waals surface area contributed by atoms with Crippen LogP contribution in [0.1, 0.15) is 5.86 Å². The summed E-state index contributed by atoms with van der Waals surface area (Å²) in [5.74, 6) is 0. The molecule has 1 aromatic rings. The van der Waals surface area contributed by atoms with Crippen LogP contribution in [0.4, 0.5) is 0 Å². The Bertz CT molecular complexity index is 189. The summed E-state index contributed by atoms with van der Waals surface area (Å²) in [6, 6.07) is 4.29. The molecule has 11 heavy (non-hydrogen) atoms. The zero-order chi connectivity index (χ0) is 7.98. The number of hydrogen-bond donors (Lipinski definition) is 2. The van der Waals surface area contributed by atoms with Crippen LogP contribution in [0.5, 0.6) is 0 Å². The van der Waals surface area contributed by atoms with E-state index in [1.165, 1.54) is 4.44 Å². The molecule has 0 saturated heterocycles. The third-order valence-electron chi connectivity index (χ3n) is 0.663. The summed E-state index contributed by atoms with van der Waals surface area (Å²) in [7, 11) is 0. The fraction of sp³-hybridized carbons (Fsp3) is 0.200. The van der Waals surface area contributed by atoms with Crippen molar-refractivity contribution in [2.24, 2.45) is 0 Å². The molecule has 1 rings (SSSR count). The molecule has 3 nitrogen and oxygen atoms in total. The average molecular weight is 298 g/mol. The molecular weight excluding hydrogens is 289 g/mol. The summed E-state index contributed by atoms with van der Waals surface area (Å²) in [6.45, 7) is 2.17. The second-order valence-corrected chi connectivity index (χ2v) is 4.84. The molecule has 2 N–H and O–H groups in total. The summed E-state index contributed by atoms with van der Waals surface area (Å²) < 4.78 is 24.7. The van der Waals surface area contributed by atoms with Gasteiger partial charge in [0.15, 0.2) is 0 Å². The Morgan fingerprint density at radius 3 is 2.18 bits per heavy atom.